The molecule has 0 atom stereocenters. The van der Waals surface area contributed by atoms with E-state index in [2.05, 4.69) is 10.3 Å². The van der Waals surface area contributed by atoms with Crippen molar-refractivity contribution in [2.75, 3.05) is 12.4 Å². The van der Waals surface area contributed by atoms with E-state index in [1.165, 1.54) is 7.05 Å². The summed E-state index contributed by atoms with van der Waals surface area (Å²) in [6.45, 7) is 0. The van der Waals surface area contributed by atoms with Crippen LogP contribution in [0.1, 0.15) is 5.56 Å². The van der Waals surface area contributed by atoms with E-state index in [0.29, 0.717) is 6.20 Å². The van der Waals surface area contributed by atoms with Gasteiger partial charge in [-0.1, -0.05) is 11.6 Å². The van der Waals surface area contributed by atoms with Gasteiger partial charge in [0.1, 0.15) is 5.15 Å². The van der Waals surface area contributed by atoms with E-state index < -0.39 is 11.7 Å². The summed E-state index contributed by atoms with van der Waals surface area (Å²) in [7, 11) is 1.39. The van der Waals surface area contributed by atoms with Crippen molar-refractivity contribution in [2.45, 2.75) is 6.18 Å². The minimum atomic E-state index is -4.41. The Bertz CT molecular complexity index is 311. The van der Waals surface area contributed by atoms with Gasteiger partial charge in [0, 0.05) is 13.2 Å². The molecule has 2 nitrogen and oxygen atoms in total. The molecule has 0 aliphatic carbocycles. The average Bonchev–Trinajstić information content (AvgIpc) is 2.01. The Kier molecular flexibility index (Phi) is 2.66. The van der Waals surface area contributed by atoms with Gasteiger partial charge in [0.15, 0.2) is 0 Å². The Labute approximate surface area is 77.7 Å². The number of hydrogen-bond acceptors (Lipinski definition) is 2. The Morgan fingerprint density at radius 2 is 2.08 bits per heavy atom. The van der Waals surface area contributed by atoms with Crippen molar-refractivity contribution in [3.63, 3.8) is 0 Å². The second kappa shape index (κ2) is 3.41. The molecule has 0 fully saturated rings. The SMILES string of the molecule is CNc1cc(Cl)ncc1C(F)(F)F. The second-order valence-corrected chi connectivity index (χ2v) is 2.69. The molecule has 72 valence electrons. The van der Waals surface area contributed by atoms with Gasteiger partial charge in [-0.3, -0.25) is 0 Å². The first-order valence-electron chi connectivity index (χ1n) is 3.35. The summed E-state index contributed by atoms with van der Waals surface area (Å²) in [4.78, 5) is 3.36. The van der Waals surface area contributed by atoms with Crippen LogP contribution >= 0.6 is 11.6 Å². The molecule has 0 aliphatic heterocycles. The highest BCUT2D eigenvalue weighted by molar-refractivity contribution is 6.29. The molecule has 0 amide bonds. The van der Waals surface area contributed by atoms with Crippen LogP contribution in [0.3, 0.4) is 0 Å². The zero-order chi connectivity index (χ0) is 10.1. The fourth-order valence-electron chi connectivity index (χ4n) is 0.863. The van der Waals surface area contributed by atoms with E-state index in [1.54, 1.807) is 0 Å². The maximum atomic E-state index is 12.2. The third-order valence-electron chi connectivity index (χ3n) is 1.45. The van der Waals surface area contributed by atoms with E-state index >= 15 is 0 Å². The van der Waals surface area contributed by atoms with E-state index in [4.69, 9.17) is 11.6 Å². The maximum absolute atomic E-state index is 12.2. The summed E-state index contributed by atoms with van der Waals surface area (Å²) in [5.74, 6) is 0. The van der Waals surface area contributed by atoms with Crippen molar-refractivity contribution in [2.24, 2.45) is 0 Å². The van der Waals surface area contributed by atoms with E-state index in [9.17, 15) is 13.2 Å². The lowest BCUT2D eigenvalue weighted by molar-refractivity contribution is -0.137. The van der Waals surface area contributed by atoms with E-state index in [0.717, 1.165) is 6.07 Å². The summed E-state index contributed by atoms with van der Waals surface area (Å²) < 4.78 is 36.7. The lowest BCUT2D eigenvalue weighted by Gasteiger charge is -2.11. The number of anilines is 1. The number of hydrogen-bond donors (Lipinski definition) is 1. The quantitative estimate of drug-likeness (QED) is 0.721. The molecule has 0 saturated heterocycles. The average molecular weight is 211 g/mol. The number of nitrogens with zero attached hydrogens (tertiary/aromatic N) is 1. The molecule has 1 N–H and O–H groups in total. The van der Waals surface area contributed by atoms with Gasteiger partial charge >= 0.3 is 6.18 Å². The molecular weight excluding hydrogens is 205 g/mol. The Morgan fingerprint density at radius 3 is 2.54 bits per heavy atom. The molecule has 0 aliphatic rings. The lowest BCUT2D eigenvalue weighted by atomic mass is 10.2. The van der Waals surface area contributed by atoms with Crippen molar-refractivity contribution in [3.05, 3.63) is 23.0 Å². The monoisotopic (exact) mass is 210 g/mol. The minimum absolute atomic E-state index is 0.0253. The highest BCUT2D eigenvalue weighted by atomic mass is 35.5. The van der Waals surface area contributed by atoms with Crippen LogP contribution in [0.15, 0.2) is 12.3 Å². The van der Waals surface area contributed by atoms with E-state index in [-0.39, 0.29) is 10.8 Å². The third-order valence-corrected chi connectivity index (χ3v) is 1.65. The molecule has 0 unspecified atom stereocenters. The number of nitrogens with one attached hydrogen (secondary N) is 1. The van der Waals surface area contributed by atoms with Gasteiger partial charge in [-0.15, -0.1) is 0 Å². The van der Waals surface area contributed by atoms with Crippen molar-refractivity contribution in [1.82, 2.24) is 4.98 Å². The summed E-state index contributed by atoms with van der Waals surface area (Å²) in [5, 5.41) is 2.42. The van der Waals surface area contributed by atoms with E-state index in [1.807, 2.05) is 0 Å². The van der Waals surface area contributed by atoms with Crippen molar-refractivity contribution in [3.8, 4) is 0 Å². The molecule has 1 rings (SSSR count). The minimum Gasteiger partial charge on any atom is -0.387 e. The molecule has 13 heavy (non-hydrogen) atoms. The first-order valence-corrected chi connectivity index (χ1v) is 3.73. The van der Waals surface area contributed by atoms with Crippen LogP contribution in [0.2, 0.25) is 5.15 Å². The molecule has 6 heteroatoms. The highest BCUT2D eigenvalue weighted by Gasteiger charge is 2.33. The molecule has 1 heterocycles. The summed E-state index contributed by atoms with van der Waals surface area (Å²) in [6.07, 6.45) is -3.70. The summed E-state index contributed by atoms with van der Waals surface area (Å²) >= 11 is 5.43. The molecule has 0 saturated carbocycles. The largest absolute Gasteiger partial charge is 0.419 e. The Balaban J connectivity index is 3.22. The molecule has 1 aromatic heterocycles. The predicted octanol–water partition coefficient (Wildman–Crippen LogP) is 2.80. The first kappa shape index (κ1) is 10.1. The second-order valence-electron chi connectivity index (χ2n) is 2.30. The number of aromatic nitrogens is 1. The summed E-state index contributed by atoms with van der Waals surface area (Å²) in [5.41, 5.74) is -0.896. The normalized spacial score (nSPS) is 11.5. The van der Waals surface area contributed by atoms with Gasteiger partial charge in [-0.25, -0.2) is 4.98 Å². The van der Waals surface area contributed by atoms with Crippen LogP contribution in [-0.4, -0.2) is 12.0 Å². The van der Waals surface area contributed by atoms with Crippen molar-refractivity contribution >= 4 is 17.3 Å². The standard InChI is InChI=1S/C7H6ClF3N2/c1-12-5-2-6(8)13-3-4(5)7(9,10)11/h2-3H,1H3,(H,12,13). The predicted molar refractivity (Wildman–Crippen MR) is 43.8 cm³/mol. The van der Waals surface area contributed by atoms with Gasteiger partial charge in [-0.05, 0) is 6.07 Å². The maximum Gasteiger partial charge on any atom is 0.419 e. The van der Waals surface area contributed by atoms with Crippen LogP contribution in [0.25, 0.3) is 0 Å². The van der Waals surface area contributed by atoms with Gasteiger partial charge in [0.25, 0.3) is 0 Å². The topological polar surface area (TPSA) is 24.9 Å². The molecular formula is C7H6ClF3N2. The Hall–Kier alpha value is -0.970. The zero-order valence-corrected chi connectivity index (χ0v) is 7.37. The van der Waals surface area contributed by atoms with Crippen LogP contribution in [0.4, 0.5) is 18.9 Å². The molecule has 0 radical (unpaired) electrons. The van der Waals surface area contributed by atoms with Gasteiger partial charge < -0.3 is 5.32 Å². The number of rotatable bonds is 1. The van der Waals surface area contributed by atoms with Crippen LogP contribution in [-0.2, 0) is 6.18 Å². The lowest BCUT2D eigenvalue weighted by Crippen LogP contribution is -2.09. The van der Waals surface area contributed by atoms with Gasteiger partial charge in [-0.2, -0.15) is 13.2 Å². The molecule has 0 bridgehead atoms. The molecule has 0 aromatic carbocycles. The fraction of sp³-hybridized carbons (Fsp3) is 0.286. The number of pyridine rings is 1. The van der Waals surface area contributed by atoms with Crippen molar-refractivity contribution in [1.29, 1.82) is 0 Å². The molecule has 1 aromatic rings. The van der Waals surface area contributed by atoms with Crippen LogP contribution in [0, 0.1) is 0 Å². The first-order chi connectivity index (χ1) is 5.95. The number of halogens is 4. The Morgan fingerprint density at radius 1 is 1.46 bits per heavy atom. The smallest absolute Gasteiger partial charge is 0.387 e. The fourth-order valence-corrected chi connectivity index (χ4v) is 1.02. The summed E-state index contributed by atoms with van der Waals surface area (Å²) in [6, 6.07) is 1.13. The third kappa shape index (κ3) is 2.24. The van der Waals surface area contributed by atoms with Crippen molar-refractivity contribution < 1.29 is 13.2 Å². The zero-order valence-electron chi connectivity index (χ0n) is 6.61. The van der Waals surface area contributed by atoms with Gasteiger partial charge in [0.05, 0.1) is 11.3 Å². The molecule has 0 spiro atoms. The number of alkyl halides is 3. The van der Waals surface area contributed by atoms with Gasteiger partial charge in [0.2, 0.25) is 0 Å². The van der Waals surface area contributed by atoms with Crippen LogP contribution in [0.5, 0.6) is 0 Å². The highest BCUT2D eigenvalue weighted by Crippen LogP contribution is 2.34. The van der Waals surface area contributed by atoms with Crippen LogP contribution < -0.4 is 5.32 Å².